The normalized spacial score (nSPS) is 9.80. The highest BCUT2D eigenvalue weighted by molar-refractivity contribution is 5.51. The first-order chi connectivity index (χ1) is 9.85. The summed E-state index contributed by atoms with van der Waals surface area (Å²) in [6.45, 7) is 3.33. The van der Waals surface area contributed by atoms with Gasteiger partial charge in [0.05, 0.1) is 12.2 Å². The van der Waals surface area contributed by atoms with Gasteiger partial charge in [-0.05, 0) is 37.1 Å². The Balaban J connectivity index is 1.98. The molecule has 0 saturated heterocycles. The molecular weight excluding hydrogens is 250 g/mol. The number of ether oxygens (including phenoxy) is 1. The lowest BCUT2D eigenvalue weighted by Crippen LogP contribution is -2.08. The molecule has 0 spiro atoms. The summed E-state index contributed by atoms with van der Waals surface area (Å²) in [6, 6.07) is 13.6. The Morgan fingerprint density at radius 1 is 1.25 bits per heavy atom. The van der Waals surface area contributed by atoms with Gasteiger partial charge in [0.2, 0.25) is 0 Å². The van der Waals surface area contributed by atoms with Gasteiger partial charge in [-0.15, -0.1) is 0 Å². The number of rotatable bonds is 6. The smallest absolute Gasteiger partial charge is 0.143 e. The highest BCUT2D eigenvalue weighted by Crippen LogP contribution is 2.18. The number of nitrogens with zero attached hydrogens (tertiary/aromatic N) is 2. The zero-order chi connectivity index (χ0) is 14.2. The first-order valence-corrected chi connectivity index (χ1v) is 6.65. The number of anilines is 1. The van der Waals surface area contributed by atoms with Gasteiger partial charge < -0.3 is 10.1 Å². The molecule has 20 heavy (non-hydrogen) atoms. The van der Waals surface area contributed by atoms with Crippen molar-refractivity contribution in [2.45, 2.75) is 13.3 Å². The van der Waals surface area contributed by atoms with Crippen LogP contribution in [0.1, 0.15) is 18.1 Å². The zero-order valence-corrected chi connectivity index (χ0v) is 11.5. The van der Waals surface area contributed by atoms with Gasteiger partial charge in [-0.25, -0.2) is 4.98 Å². The van der Waals surface area contributed by atoms with Crippen LogP contribution in [-0.2, 0) is 6.42 Å². The van der Waals surface area contributed by atoms with Crippen LogP contribution in [0.3, 0.4) is 0 Å². The lowest BCUT2D eigenvalue weighted by molar-refractivity contribution is 0.336. The van der Waals surface area contributed by atoms with Crippen molar-refractivity contribution in [2.24, 2.45) is 0 Å². The van der Waals surface area contributed by atoms with Crippen LogP contribution in [-0.4, -0.2) is 18.1 Å². The van der Waals surface area contributed by atoms with Crippen LogP contribution in [0.4, 0.5) is 5.82 Å². The number of hydrogen-bond acceptors (Lipinski definition) is 4. The molecule has 0 atom stereocenters. The number of benzene rings is 1. The lowest BCUT2D eigenvalue weighted by Gasteiger charge is -2.11. The molecule has 0 amide bonds. The standard InChI is InChI=1S/C16H17N3O/c1-2-20-15-8-4-3-6-13(15)9-11-19-16-14(12-17)7-5-10-18-16/h3-8,10H,2,9,11H2,1H3,(H,18,19). The number of pyridine rings is 1. The Hall–Kier alpha value is -2.54. The van der Waals surface area contributed by atoms with Gasteiger partial charge in [-0.3, -0.25) is 0 Å². The highest BCUT2D eigenvalue weighted by Gasteiger charge is 2.04. The van der Waals surface area contributed by atoms with Crippen LogP contribution < -0.4 is 10.1 Å². The predicted molar refractivity (Wildman–Crippen MR) is 78.8 cm³/mol. The Bertz CT molecular complexity index is 605. The third-order valence-corrected chi connectivity index (χ3v) is 2.89. The number of nitrogens with one attached hydrogen (secondary N) is 1. The summed E-state index contributed by atoms with van der Waals surface area (Å²) in [7, 11) is 0. The van der Waals surface area contributed by atoms with E-state index in [1.165, 1.54) is 0 Å². The van der Waals surface area contributed by atoms with E-state index in [1.54, 1.807) is 18.3 Å². The number of aromatic nitrogens is 1. The molecule has 0 radical (unpaired) electrons. The van der Waals surface area contributed by atoms with Crippen LogP contribution in [0.25, 0.3) is 0 Å². The monoisotopic (exact) mass is 267 g/mol. The van der Waals surface area contributed by atoms with Crippen LogP contribution in [0.5, 0.6) is 5.75 Å². The molecule has 0 saturated carbocycles. The first kappa shape index (κ1) is 13.9. The number of nitriles is 1. The van der Waals surface area contributed by atoms with Gasteiger partial charge in [0, 0.05) is 12.7 Å². The summed E-state index contributed by atoms with van der Waals surface area (Å²) in [5.74, 6) is 1.54. The van der Waals surface area contributed by atoms with Gasteiger partial charge >= 0.3 is 0 Å². The van der Waals surface area contributed by atoms with E-state index < -0.39 is 0 Å². The average Bonchev–Trinajstić information content (AvgIpc) is 2.50. The second-order valence-corrected chi connectivity index (χ2v) is 4.23. The molecule has 0 aliphatic heterocycles. The van der Waals surface area contributed by atoms with Crippen molar-refractivity contribution in [2.75, 3.05) is 18.5 Å². The molecular formula is C16H17N3O. The molecule has 0 aliphatic carbocycles. The Morgan fingerprint density at radius 3 is 2.90 bits per heavy atom. The van der Waals surface area contributed by atoms with E-state index in [0.717, 1.165) is 17.7 Å². The first-order valence-electron chi connectivity index (χ1n) is 6.65. The maximum absolute atomic E-state index is 9.00. The van der Waals surface area contributed by atoms with E-state index in [2.05, 4.69) is 22.4 Å². The second-order valence-electron chi connectivity index (χ2n) is 4.23. The van der Waals surface area contributed by atoms with Crippen LogP contribution in [0.15, 0.2) is 42.6 Å². The van der Waals surface area contributed by atoms with Crippen LogP contribution >= 0.6 is 0 Å². The van der Waals surface area contributed by atoms with E-state index in [1.807, 2.05) is 25.1 Å². The van der Waals surface area contributed by atoms with Gasteiger partial charge in [0.25, 0.3) is 0 Å². The molecule has 0 unspecified atom stereocenters. The summed E-state index contributed by atoms with van der Waals surface area (Å²) in [6.07, 6.45) is 2.49. The second kappa shape index (κ2) is 7.15. The molecule has 2 rings (SSSR count). The fraction of sp³-hybridized carbons (Fsp3) is 0.250. The molecule has 0 bridgehead atoms. The topological polar surface area (TPSA) is 57.9 Å². The average molecular weight is 267 g/mol. The van der Waals surface area contributed by atoms with Crippen molar-refractivity contribution < 1.29 is 4.74 Å². The Morgan fingerprint density at radius 2 is 2.10 bits per heavy atom. The maximum Gasteiger partial charge on any atom is 0.143 e. The molecule has 1 N–H and O–H groups in total. The minimum atomic E-state index is 0.561. The third kappa shape index (κ3) is 3.48. The molecule has 1 aromatic carbocycles. The summed E-state index contributed by atoms with van der Waals surface area (Å²) >= 11 is 0. The largest absolute Gasteiger partial charge is 0.494 e. The van der Waals surface area contributed by atoms with Crippen molar-refractivity contribution in [3.8, 4) is 11.8 Å². The van der Waals surface area contributed by atoms with Gasteiger partial charge in [-0.2, -0.15) is 5.26 Å². The van der Waals surface area contributed by atoms with E-state index in [9.17, 15) is 0 Å². The maximum atomic E-state index is 9.00. The molecule has 102 valence electrons. The fourth-order valence-corrected chi connectivity index (χ4v) is 1.96. The van der Waals surface area contributed by atoms with Crippen molar-refractivity contribution in [3.05, 3.63) is 53.7 Å². The quantitative estimate of drug-likeness (QED) is 0.874. The summed E-state index contributed by atoms with van der Waals surface area (Å²) in [4.78, 5) is 4.17. The van der Waals surface area contributed by atoms with Gasteiger partial charge in [-0.1, -0.05) is 18.2 Å². The van der Waals surface area contributed by atoms with Crippen molar-refractivity contribution in [1.82, 2.24) is 4.98 Å². The molecule has 1 heterocycles. The SMILES string of the molecule is CCOc1ccccc1CCNc1ncccc1C#N. The van der Waals surface area contributed by atoms with E-state index in [-0.39, 0.29) is 0 Å². The minimum absolute atomic E-state index is 0.561. The fourth-order valence-electron chi connectivity index (χ4n) is 1.96. The highest BCUT2D eigenvalue weighted by atomic mass is 16.5. The molecule has 2 aromatic rings. The molecule has 0 fully saturated rings. The van der Waals surface area contributed by atoms with Crippen molar-refractivity contribution in [3.63, 3.8) is 0 Å². The Labute approximate surface area is 119 Å². The predicted octanol–water partition coefficient (Wildman–Crippen LogP) is 3.01. The molecule has 0 aliphatic rings. The summed E-state index contributed by atoms with van der Waals surface area (Å²) in [5.41, 5.74) is 1.71. The number of para-hydroxylation sites is 1. The van der Waals surface area contributed by atoms with Crippen molar-refractivity contribution in [1.29, 1.82) is 5.26 Å². The van der Waals surface area contributed by atoms with Crippen LogP contribution in [0.2, 0.25) is 0 Å². The van der Waals surface area contributed by atoms with E-state index in [0.29, 0.717) is 24.5 Å². The van der Waals surface area contributed by atoms with E-state index >= 15 is 0 Å². The lowest BCUT2D eigenvalue weighted by atomic mass is 10.1. The van der Waals surface area contributed by atoms with E-state index in [4.69, 9.17) is 10.00 Å². The molecule has 4 nitrogen and oxygen atoms in total. The zero-order valence-electron chi connectivity index (χ0n) is 11.5. The molecule has 1 aromatic heterocycles. The third-order valence-electron chi connectivity index (χ3n) is 2.89. The number of hydrogen-bond donors (Lipinski definition) is 1. The summed E-state index contributed by atoms with van der Waals surface area (Å²) in [5, 5.41) is 12.2. The summed E-state index contributed by atoms with van der Waals surface area (Å²) < 4.78 is 5.59. The Kier molecular flexibility index (Phi) is 4.96. The molecule has 4 heteroatoms. The minimum Gasteiger partial charge on any atom is -0.494 e. The van der Waals surface area contributed by atoms with Gasteiger partial charge in [0.1, 0.15) is 17.6 Å². The van der Waals surface area contributed by atoms with Crippen LogP contribution in [0, 0.1) is 11.3 Å². The van der Waals surface area contributed by atoms with Crippen molar-refractivity contribution >= 4 is 5.82 Å². The van der Waals surface area contributed by atoms with Gasteiger partial charge in [0.15, 0.2) is 0 Å².